The van der Waals surface area contributed by atoms with Crippen LogP contribution in [0.1, 0.15) is 96.3 Å². The maximum Gasteiger partial charge on any atom is 0.0541 e. The zero-order valence-corrected chi connectivity index (χ0v) is 32.6. The van der Waals surface area contributed by atoms with E-state index >= 15 is 0 Å². The number of fused-ring (bicyclic) bond motifs is 4. The molecule has 0 atom stereocenters. The van der Waals surface area contributed by atoms with E-state index in [1.165, 1.54) is 98.2 Å². The van der Waals surface area contributed by atoms with E-state index in [1.54, 1.807) is 0 Å². The number of benzene rings is 5. The molecule has 2 aromatic heterocycles. The van der Waals surface area contributed by atoms with Crippen LogP contribution < -0.4 is 0 Å². The molecule has 1 saturated carbocycles. The van der Waals surface area contributed by atoms with Crippen LogP contribution in [0.15, 0.2) is 109 Å². The monoisotopic (exact) mass is 832 g/mol. The van der Waals surface area contributed by atoms with Crippen LogP contribution in [-0.2, 0) is 30.9 Å². The van der Waals surface area contributed by atoms with Gasteiger partial charge in [-0.25, -0.2) is 0 Å². The summed E-state index contributed by atoms with van der Waals surface area (Å²) in [6, 6.07) is 42.0. The first-order valence-electron chi connectivity index (χ1n) is 18.2. The topological polar surface area (TPSA) is 17.8 Å². The molecular formula is C47H47IrN2-. The van der Waals surface area contributed by atoms with Gasteiger partial charge >= 0.3 is 0 Å². The minimum Gasteiger partial charge on any atom is -0.309 e. The Bertz CT molecular complexity index is 2250. The molecule has 0 N–H and O–H groups in total. The van der Waals surface area contributed by atoms with Crippen LogP contribution in [0.4, 0.5) is 0 Å². The number of pyridine rings is 1. The van der Waals surface area contributed by atoms with Crippen LogP contribution in [0.2, 0.25) is 0 Å². The molecule has 0 amide bonds. The Labute approximate surface area is 311 Å². The first kappa shape index (κ1) is 34.4. The van der Waals surface area contributed by atoms with Crippen molar-refractivity contribution in [2.45, 2.75) is 90.4 Å². The summed E-state index contributed by atoms with van der Waals surface area (Å²) in [5.74, 6) is 0.615. The number of aromatic nitrogens is 2. The van der Waals surface area contributed by atoms with Crippen molar-refractivity contribution in [2.24, 2.45) is 0 Å². The summed E-state index contributed by atoms with van der Waals surface area (Å²) >= 11 is 0. The molecular weight excluding hydrogens is 785 g/mol. The van der Waals surface area contributed by atoms with Crippen molar-refractivity contribution in [3.05, 3.63) is 132 Å². The SMILES string of the molecule is CC(C)(C)c1ccc2c(c1)c1cc(C(C)(C)C)ccc1n2-c1ccc(-c2cc[c-]c(-c3ncc(C4CCCCC4)c4ccccc34)c2)cc1.[Ir]. The van der Waals surface area contributed by atoms with E-state index in [1.807, 2.05) is 0 Å². The summed E-state index contributed by atoms with van der Waals surface area (Å²) in [5, 5.41) is 5.20. The van der Waals surface area contributed by atoms with Crippen molar-refractivity contribution in [3.8, 4) is 28.1 Å². The quantitative estimate of drug-likeness (QED) is 0.162. The Kier molecular flexibility index (Phi) is 9.12. The van der Waals surface area contributed by atoms with Gasteiger partial charge in [0.1, 0.15) is 0 Å². The molecule has 0 unspecified atom stereocenters. The average molecular weight is 832 g/mol. The minimum absolute atomic E-state index is 0. The van der Waals surface area contributed by atoms with E-state index in [-0.39, 0.29) is 30.9 Å². The van der Waals surface area contributed by atoms with E-state index in [2.05, 4.69) is 162 Å². The maximum atomic E-state index is 5.10. The Hall–Kier alpha value is -4.04. The van der Waals surface area contributed by atoms with Crippen LogP contribution in [0.5, 0.6) is 0 Å². The van der Waals surface area contributed by atoms with Crippen molar-refractivity contribution in [1.82, 2.24) is 9.55 Å². The molecule has 0 aliphatic heterocycles. The van der Waals surface area contributed by atoms with Crippen LogP contribution >= 0.6 is 0 Å². The van der Waals surface area contributed by atoms with E-state index in [9.17, 15) is 0 Å². The van der Waals surface area contributed by atoms with Gasteiger partial charge in [-0.3, -0.25) is 0 Å². The molecule has 7 aromatic rings. The van der Waals surface area contributed by atoms with Gasteiger partial charge in [-0.15, -0.1) is 35.4 Å². The number of hydrogen-bond acceptors (Lipinski definition) is 1. The summed E-state index contributed by atoms with van der Waals surface area (Å²) in [6.45, 7) is 13.8. The summed E-state index contributed by atoms with van der Waals surface area (Å²) in [4.78, 5) is 5.10. The fourth-order valence-electron chi connectivity index (χ4n) is 7.99. The van der Waals surface area contributed by atoms with Crippen molar-refractivity contribution in [1.29, 1.82) is 0 Å². The van der Waals surface area contributed by atoms with Gasteiger partial charge < -0.3 is 9.55 Å². The van der Waals surface area contributed by atoms with Crippen molar-refractivity contribution in [3.63, 3.8) is 0 Å². The number of rotatable bonds is 4. The summed E-state index contributed by atoms with van der Waals surface area (Å²) < 4.78 is 2.43. The Balaban J connectivity index is 0.00000392. The second-order valence-electron chi connectivity index (χ2n) is 16.3. The van der Waals surface area contributed by atoms with Gasteiger partial charge in [-0.05, 0) is 105 Å². The first-order chi connectivity index (χ1) is 23.6. The molecule has 3 heteroatoms. The standard InChI is InChI=1S/C47H47N2.Ir/c1-46(2,3)35-21-25-43-40(28-35)41-29-36(47(4,5)6)22-26-44(41)49(43)37-23-19-31(20-24-37)33-15-12-16-34(27-33)45-39-18-11-10-17-38(39)42(30-48-45)32-13-8-7-9-14-32;/h10-12,15,17-30,32H,7-9,13-14H2,1-6H3;/q-1;. The van der Waals surface area contributed by atoms with Crippen LogP contribution in [0.25, 0.3) is 60.6 Å². The van der Waals surface area contributed by atoms with Crippen molar-refractivity contribution < 1.29 is 20.1 Å². The van der Waals surface area contributed by atoms with E-state index in [0.717, 1.165) is 11.3 Å². The van der Waals surface area contributed by atoms with Crippen LogP contribution in [0.3, 0.4) is 0 Å². The third-order valence-electron chi connectivity index (χ3n) is 10.9. The minimum atomic E-state index is 0. The molecule has 8 rings (SSSR count). The summed E-state index contributed by atoms with van der Waals surface area (Å²) in [6.07, 6.45) is 8.70. The van der Waals surface area contributed by atoms with Crippen LogP contribution in [-0.4, -0.2) is 9.55 Å². The molecule has 5 aromatic carbocycles. The summed E-state index contributed by atoms with van der Waals surface area (Å²) in [7, 11) is 0. The van der Waals surface area contributed by atoms with Gasteiger partial charge in [-0.1, -0.05) is 109 Å². The van der Waals surface area contributed by atoms with Gasteiger partial charge in [0.25, 0.3) is 0 Å². The predicted octanol–water partition coefficient (Wildman–Crippen LogP) is 13.1. The normalized spacial score (nSPS) is 14.4. The third-order valence-corrected chi connectivity index (χ3v) is 10.9. The number of hydrogen-bond donors (Lipinski definition) is 0. The first-order valence-corrected chi connectivity index (χ1v) is 18.2. The predicted molar refractivity (Wildman–Crippen MR) is 209 cm³/mol. The van der Waals surface area contributed by atoms with Crippen molar-refractivity contribution in [2.75, 3.05) is 0 Å². The van der Waals surface area contributed by atoms with Gasteiger partial charge in [0.2, 0.25) is 0 Å². The smallest absolute Gasteiger partial charge is 0.0541 e. The Morgan fingerprint density at radius 1 is 0.620 bits per heavy atom. The Morgan fingerprint density at radius 2 is 1.22 bits per heavy atom. The molecule has 50 heavy (non-hydrogen) atoms. The molecule has 1 radical (unpaired) electrons. The average Bonchev–Trinajstić information content (AvgIpc) is 3.44. The molecule has 2 heterocycles. The van der Waals surface area contributed by atoms with Gasteiger partial charge in [-0.2, -0.15) is 0 Å². The molecule has 1 aliphatic rings. The molecule has 2 nitrogen and oxygen atoms in total. The second-order valence-corrected chi connectivity index (χ2v) is 16.3. The molecule has 0 spiro atoms. The molecule has 0 saturated heterocycles. The molecule has 0 bridgehead atoms. The fourth-order valence-corrected chi connectivity index (χ4v) is 7.99. The Morgan fingerprint density at radius 3 is 1.82 bits per heavy atom. The largest absolute Gasteiger partial charge is 0.309 e. The summed E-state index contributed by atoms with van der Waals surface area (Å²) in [5.41, 5.74) is 12.4. The maximum absolute atomic E-state index is 5.10. The third kappa shape index (κ3) is 6.25. The van der Waals surface area contributed by atoms with Crippen LogP contribution in [0, 0.1) is 6.07 Å². The van der Waals surface area contributed by atoms with E-state index in [0.29, 0.717) is 5.92 Å². The fraction of sp³-hybridized carbons (Fsp3) is 0.298. The zero-order chi connectivity index (χ0) is 33.9. The molecule has 1 fully saturated rings. The molecule has 1 aliphatic carbocycles. The zero-order valence-electron chi connectivity index (χ0n) is 30.2. The van der Waals surface area contributed by atoms with Crippen molar-refractivity contribution >= 4 is 32.6 Å². The van der Waals surface area contributed by atoms with Gasteiger partial charge in [0, 0.05) is 42.8 Å². The molecule has 255 valence electrons. The van der Waals surface area contributed by atoms with Gasteiger partial charge in [0.15, 0.2) is 0 Å². The number of nitrogens with zero attached hydrogens (tertiary/aromatic N) is 2. The van der Waals surface area contributed by atoms with Gasteiger partial charge in [0.05, 0.1) is 11.0 Å². The van der Waals surface area contributed by atoms with E-state index in [4.69, 9.17) is 4.98 Å². The van der Waals surface area contributed by atoms with E-state index < -0.39 is 0 Å². The second kappa shape index (κ2) is 13.3.